The summed E-state index contributed by atoms with van der Waals surface area (Å²) in [6, 6.07) is 2.93. The van der Waals surface area contributed by atoms with Crippen molar-refractivity contribution in [3.05, 3.63) is 23.4 Å². The molecule has 0 aromatic carbocycles. The van der Waals surface area contributed by atoms with Crippen molar-refractivity contribution in [3.63, 3.8) is 0 Å². The zero-order chi connectivity index (χ0) is 14.7. The van der Waals surface area contributed by atoms with E-state index in [1.54, 1.807) is 0 Å². The second-order valence-electron chi connectivity index (χ2n) is 6.64. The predicted molar refractivity (Wildman–Crippen MR) is 88.9 cm³/mol. The average Bonchev–Trinajstić information content (AvgIpc) is 2.96. The first-order chi connectivity index (χ1) is 10.3. The van der Waals surface area contributed by atoms with E-state index in [4.69, 9.17) is 4.98 Å². The van der Waals surface area contributed by atoms with Crippen molar-refractivity contribution < 1.29 is 0 Å². The van der Waals surface area contributed by atoms with Gasteiger partial charge in [-0.1, -0.05) is 6.92 Å². The highest BCUT2D eigenvalue weighted by Crippen LogP contribution is 2.34. The topological polar surface area (TPSA) is 19.4 Å². The van der Waals surface area contributed by atoms with Gasteiger partial charge >= 0.3 is 0 Å². The lowest BCUT2D eigenvalue weighted by Crippen LogP contribution is -2.30. The monoisotopic (exact) mass is 287 g/mol. The number of aryl methyl sites for hydroxylation is 1. The van der Waals surface area contributed by atoms with Crippen LogP contribution in [-0.4, -0.2) is 36.1 Å². The Morgan fingerprint density at radius 1 is 1.14 bits per heavy atom. The summed E-state index contributed by atoms with van der Waals surface area (Å²) in [5.41, 5.74) is 2.89. The molecule has 0 amide bonds. The van der Waals surface area contributed by atoms with Gasteiger partial charge in [-0.05, 0) is 75.7 Å². The highest BCUT2D eigenvalue weighted by molar-refractivity contribution is 5.44. The Morgan fingerprint density at radius 3 is 2.67 bits per heavy atom. The van der Waals surface area contributed by atoms with Gasteiger partial charge in [0.2, 0.25) is 0 Å². The fourth-order valence-electron chi connectivity index (χ4n) is 3.93. The fraction of sp³-hybridized carbons (Fsp3) is 0.722. The molecule has 2 aliphatic heterocycles. The van der Waals surface area contributed by atoms with E-state index in [9.17, 15) is 0 Å². The maximum Gasteiger partial charge on any atom is 0.128 e. The zero-order valence-corrected chi connectivity index (χ0v) is 13.6. The van der Waals surface area contributed by atoms with Crippen LogP contribution >= 0.6 is 0 Å². The van der Waals surface area contributed by atoms with Crippen molar-refractivity contribution in [2.75, 3.05) is 31.1 Å². The number of anilines is 1. The largest absolute Gasteiger partial charge is 0.357 e. The molecule has 0 radical (unpaired) electrons. The van der Waals surface area contributed by atoms with Gasteiger partial charge in [0, 0.05) is 25.3 Å². The van der Waals surface area contributed by atoms with Crippen LogP contribution in [0.3, 0.4) is 0 Å². The molecule has 2 aliphatic rings. The lowest BCUT2D eigenvalue weighted by molar-refractivity contribution is 0.257. The summed E-state index contributed by atoms with van der Waals surface area (Å²) in [6.07, 6.45) is 10.0. The van der Waals surface area contributed by atoms with Crippen molar-refractivity contribution in [2.45, 2.75) is 58.4 Å². The number of hydrogen-bond donors (Lipinski definition) is 0. The number of hydrogen-bond acceptors (Lipinski definition) is 3. The van der Waals surface area contributed by atoms with Crippen molar-refractivity contribution in [1.82, 2.24) is 9.88 Å². The highest BCUT2D eigenvalue weighted by Gasteiger charge is 2.27. The van der Waals surface area contributed by atoms with E-state index >= 15 is 0 Å². The molecule has 0 N–H and O–H groups in total. The molecule has 1 aromatic rings. The number of pyridine rings is 1. The molecule has 0 spiro atoms. The van der Waals surface area contributed by atoms with Crippen molar-refractivity contribution in [3.8, 4) is 0 Å². The smallest absolute Gasteiger partial charge is 0.128 e. The number of nitrogens with zero attached hydrogens (tertiary/aromatic N) is 3. The quantitative estimate of drug-likeness (QED) is 0.836. The van der Waals surface area contributed by atoms with Gasteiger partial charge in [0.25, 0.3) is 0 Å². The second kappa shape index (κ2) is 6.78. The van der Waals surface area contributed by atoms with Crippen LogP contribution in [-0.2, 0) is 0 Å². The molecule has 21 heavy (non-hydrogen) atoms. The van der Waals surface area contributed by atoms with Gasteiger partial charge in [-0.3, -0.25) is 4.90 Å². The number of likely N-dealkylation sites (tertiary alicyclic amines) is 1. The molecular weight excluding hydrogens is 258 g/mol. The van der Waals surface area contributed by atoms with E-state index < -0.39 is 0 Å². The molecule has 2 saturated heterocycles. The SMILES string of the molecule is CCCN1CCC[C@H]1c1cnc(N2CCCCC2)cc1C. The molecule has 2 fully saturated rings. The zero-order valence-electron chi connectivity index (χ0n) is 13.6. The molecule has 0 saturated carbocycles. The van der Waals surface area contributed by atoms with Crippen LogP contribution in [0.4, 0.5) is 5.82 Å². The molecule has 0 unspecified atom stereocenters. The van der Waals surface area contributed by atoms with Crippen LogP contribution in [0.2, 0.25) is 0 Å². The highest BCUT2D eigenvalue weighted by atomic mass is 15.2. The molecule has 1 atom stereocenters. The molecule has 116 valence electrons. The van der Waals surface area contributed by atoms with Gasteiger partial charge < -0.3 is 4.90 Å². The summed E-state index contributed by atoms with van der Waals surface area (Å²) in [5, 5.41) is 0. The van der Waals surface area contributed by atoms with Crippen molar-refractivity contribution >= 4 is 5.82 Å². The third-order valence-corrected chi connectivity index (χ3v) is 5.05. The van der Waals surface area contributed by atoms with Crippen LogP contribution in [0.15, 0.2) is 12.3 Å². The second-order valence-corrected chi connectivity index (χ2v) is 6.64. The van der Waals surface area contributed by atoms with E-state index in [-0.39, 0.29) is 0 Å². The van der Waals surface area contributed by atoms with Crippen molar-refractivity contribution in [1.29, 1.82) is 0 Å². The Kier molecular flexibility index (Phi) is 4.79. The number of aromatic nitrogens is 1. The summed E-state index contributed by atoms with van der Waals surface area (Å²) in [6.45, 7) is 9.38. The van der Waals surface area contributed by atoms with E-state index in [2.05, 4.69) is 35.9 Å². The first kappa shape index (κ1) is 14.8. The Balaban J connectivity index is 1.77. The van der Waals surface area contributed by atoms with Gasteiger partial charge in [0.05, 0.1) is 0 Å². The van der Waals surface area contributed by atoms with Crippen LogP contribution < -0.4 is 4.90 Å². The molecule has 0 bridgehead atoms. The number of rotatable bonds is 4. The van der Waals surface area contributed by atoms with Gasteiger partial charge in [-0.2, -0.15) is 0 Å². The molecule has 3 heterocycles. The Hall–Kier alpha value is -1.09. The van der Waals surface area contributed by atoms with Gasteiger partial charge in [0.15, 0.2) is 0 Å². The summed E-state index contributed by atoms with van der Waals surface area (Å²) in [7, 11) is 0. The first-order valence-electron chi connectivity index (χ1n) is 8.75. The van der Waals surface area contributed by atoms with E-state index in [1.165, 1.54) is 81.6 Å². The number of piperidine rings is 1. The normalized spacial score (nSPS) is 23.7. The minimum atomic E-state index is 0.604. The van der Waals surface area contributed by atoms with E-state index in [1.807, 2.05) is 0 Å². The molecule has 1 aromatic heterocycles. The van der Waals surface area contributed by atoms with E-state index in [0.29, 0.717) is 6.04 Å². The van der Waals surface area contributed by atoms with Crippen LogP contribution in [0.5, 0.6) is 0 Å². The van der Waals surface area contributed by atoms with Crippen LogP contribution in [0.1, 0.15) is 62.6 Å². The van der Waals surface area contributed by atoms with Gasteiger partial charge in [-0.15, -0.1) is 0 Å². The first-order valence-corrected chi connectivity index (χ1v) is 8.75. The summed E-state index contributed by atoms with van der Waals surface area (Å²) >= 11 is 0. The maximum absolute atomic E-state index is 4.80. The Morgan fingerprint density at radius 2 is 1.95 bits per heavy atom. The standard InChI is InChI=1S/C18H29N3/c1-3-9-20-12-7-8-17(20)16-14-19-18(13-15(16)2)21-10-5-4-6-11-21/h13-14,17H,3-12H2,1-2H3/t17-/m0/s1. The molecule has 3 rings (SSSR count). The maximum atomic E-state index is 4.80. The summed E-state index contributed by atoms with van der Waals surface area (Å²) < 4.78 is 0. The fourth-order valence-corrected chi connectivity index (χ4v) is 3.93. The minimum Gasteiger partial charge on any atom is -0.357 e. The van der Waals surface area contributed by atoms with Crippen molar-refractivity contribution in [2.24, 2.45) is 0 Å². The lowest BCUT2D eigenvalue weighted by Gasteiger charge is -2.29. The molecule has 3 nitrogen and oxygen atoms in total. The molecule has 3 heteroatoms. The van der Waals surface area contributed by atoms with Crippen LogP contribution in [0, 0.1) is 6.92 Å². The summed E-state index contributed by atoms with van der Waals surface area (Å²) in [5.74, 6) is 1.19. The molecular formula is C18H29N3. The third kappa shape index (κ3) is 3.23. The van der Waals surface area contributed by atoms with Gasteiger partial charge in [-0.25, -0.2) is 4.98 Å². The average molecular weight is 287 g/mol. The Bertz CT molecular complexity index is 466. The minimum absolute atomic E-state index is 0.604. The Labute approximate surface area is 129 Å². The van der Waals surface area contributed by atoms with E-state index in [0.717, 1.165) is 0 Å². The third-order valence-electron chi connectivity index (χ3n) is 5.05. The summed E-state index contributed by atoms with van der Waals surface area (Å²) in [4.78, 5) is 9.90. The predicted octanol–water partition coefficient (Wildman–Crippen LogP) is 3.93. The lowest BCUT2D eigenvalue weighted by atomic mass is 10.0. The van der Waals surface area contributed by atoms with Gasteiger partial charge in [0.1, 0.15) is 5.82 Å². The molecule has 0 aliphatic carbocycles. The van der Waals surface area contributed by atoms with Crippen LogP contribution in [0.25, 0.3) is 0 Å².